The van der Waals surface area contributed by atoms with Crippen LogP contribution in [-0.2, 0) is 9.59 Å². The number of hydrogen-bond acceptors (Lipinski definition) is 2. The van der Waals surface area contributed by atoms with Gasteiger partial charge >= 0.3 is 0 Å². The fourth-order valence-corrected chi connectivity index (χ4v) is 3.86. The Kier molecular flexibility index (Phi) is 8.28. The molecule has 4 nitrogen and oxygen atoms in total. The molecule has 1 aromatic rings. The summed E-state index contributed by atoms with van der Waals surface area (Å²) < 4.78 is 0. The maximum Gasteiger partial charge on any atom is 0.240 e. The maximum absolute atomic E-state index is 12.6. The van der Waals surface area contributed by atoms with Crippen LogP contribution in [0.4, 0.5) is 5.69 Å². The number of anilines is 1. The van der Waals surface area contributed by atoms with Crippen molar-refractivity contribution in [3.8, 4) is 0 Å². The molecule has 0 unspecified atom stereocenters. The number of nitrogens with one attached hydrogen (secondary N) is 1. The molecule has 0 radical (unpaired) electrons. The fourth-order valence-electron chi connectivity index (χ4n) is 3.86. The first-order chi connectivity index (χ1) is 13.3. The van der Waals surface area contributed by atoms with E-state index in [0.717, 1.165) is 36.1 Å². The summed E-state index contributed by atoms with van der Waals surface area (Å²) in [5, 5.41) is 3.01. The van der Waals surface area contributed by atoms with Crippen LogP contribution in [0.5, 0.6) is 0 Å². The minimum absolute atomic E-state index is 0.0673. The van der Waals surface area contributed by atoms with Crippen LogP contribution in [0.3, 0.4) is 0 Å². The zero-order chi connectivity index (χ0) is 20.7. The molecule has 28 heavy (non-hydrogen) atoms. The van der Waals surface area contributed by atoms with E-state index in [1.807, 2.05) is 6.07 Å². The van der Waals surface area contributed by atoms with Crippen LogP contribution in [0.15, 0.2) is 29.8 Å². The lowest BCUT2D eigenvalue weighted by Gasteiger charge is -2.29. The van der Waals surface area contributed by atoms with E-state index in [1.54, 1.807) is 11.8 Å². The summed E-state index contributed by atoms with van der Waals surface area (Å²) in [7, 11) is 0. The fraction of sp³-hybridized carbons (Fsp3) is 0.583. The van der Waals surface area contributed by atoms with Crippen molar-refractivity contribution in [2.45, 2.75) is 78.6 Å². The number of nitrogens with zero attached hydrogens (tertiary/aromatic N) is 1. The molecule has 0 spiro atoms. The first-order valence-electron chi connectivity index (χ1n) is 10.7. The highest BCUT2D eigenvalue weighted by Gasteiger charge is 2.24. The van der Waals surface area contributed by atoms with Gasteiger partial charge in [-0.25, -0.2) is 0 Å². The van der Waals surface area contributed by atoms with Gasteiger partial charge < -0.3 is 10.2 Å². The van der Waals surface area contributed by atoms with Crippen LogP contribution in [0.1, 0.15) is 89.7 Å². The standard InChI is InChI=1S/C24H36N2O2/c1-17(2)21-12-9-13-22(18(3)4)24(21)26(19(5)27)16-23(28)25-15-14-20-10-7-6-8-11-20/h9-10,12-13,17-18H,6-8,11,14-16H2,1-5H3,(H,25,28). The second-order valence-electron chi connectivity index (χ2n) is 8.41. The molecule has 0 saturated carbocycles. The molecule has 154 valence electrons. The van der Waals surface area contributed by atoms with Crippen molar-refractivity contribution in [3.63, 3.8) is 0 Å². The Balaban J connectivity index is 2.13. The summed E-state index contributed by atoms with van der Waals surface area (Å²) in [6.07, 6.45) is 8.05. The lowest BCUT2D eigenvalue weighted by Crippen LogP contribution is -2.41. The van der Waals surface area contributed by atoms with E-state index >= 15 is 0 Å². The van der Waals surface area contributed by atoms with Crippen LogP contribution >= 0.6 is 0 Å². The summed E-state index contributed by atoms with van der Waals surface area (Å²) in [4.78, 5) is 26.8. The molecule has 0 aliphatic heterocycles. The number of carbonyl (C=O) groups excluding carboxylic acids is 2. The van der Waals surface area contributed by atoms with E-state index in [1.165, 1.54) is 18.4 Å². The summed E-state index contributed by atoms with van der Waals surface area (Å²) in [5.74, 6) is 0.355. The molecule has 1 N–H and O–H groups in total. The highest BCUT2D eigenvalue weighted by Crippen LogP contribution is 2.35. The summed E-state index contributed by atoms with van der Waals surface area (Å²) >= 11 is 0. The van der Waals surface area contributed by atoms with Gasteiger partial charge in [-0.1, -0.05) is 57.5 Å². The van der Waals surface area contributed by atoms with E-state index < -0.39 is 0 Å². The van der Waals surface area contributed by atoms with Gasteiger partial charge in [0.2, 0.25) is 11.8 Å². The van der Waals surface area contributed by atoms with Gasteiger partial charge in [-0.05, 0) is 55.1 Å². The van der Waals surface area contributed by atoms with Gasteiger partial charge in [-0.3, -0.25) is 9.59 Å². The lowest BCUT2D eigenvalue weighted by atomic mass is 9.91. The molecule has 0 bridgehead atoms. The first kappa shape index (κ1) is 22.2. The van der Waals surface area contributed by atoms with Crippen molar-refractivity contribution in [1.29, 1.82) is 0 Å². The Bertz CT molecular complexity index is 693. The Morgan fingerprint density at radius 1 is 1.07 bits per heavy atom. The number of allylic oxidation sites excluding steroid dienone is 1. The van der Waals surface area contributed by atoms with Gasteiger partial charge in [0.1, 0.15) is 6.54 Å². The largest absolute Gasteiger partial charge is 0.354 e. The highest BCUT2D eigenvalue weighted by atomic mass is 16.2. The molecule has 2 amide bonds. The van der Waals surface area contributed by atoms with E-state index in [4.69, 9.17) is 0 Å². The molecule has 0 heterocycles. The topological polar surface area (TPSA) is 49.4 Å². The Morgan fingerprint density at radius 2 is 1.71 bits per heavy atom. The molecular weight excluding hydrogens is 348 g/mol. The van der Waals surface area contributed by atoms with Gasteiger partial charge in [0.05, 0.1) is 5.69 Å². The molecule has 0 atom stereocenters. The van der Waals surface area contributed by atoms with Crippen LogP contribution in [0.25, 0.3) is 0 Å². The van der Waals surface area contributed by atoms with Crippen molar-refractivity contribution < 1.29 is 9.59 Å². The minimum Gasteiger partial charge on any atom is -0.354 e. The number of amides is 2. The van der Waals surface area contributed by atoms with E-state index in [9.17, 15) is 9.59 Å². The van der Waals surface area contributed by atoms with Gasteiger partial charge in [0.15, 0.2) is 0 Å². The maximum atomic E-state index is 12.6. The van der Waals surface area contributed by atoms with Crippen LogP contribution in [0.2, 0.25) is 0 Å². The van der Waals surface area contributed by atoms with Crippen LogP contribution in [-0.4, -0.2) is 24.9 Å². The molecule has 0 aromatic heterocycles. The third kappa shape index (κ3) is 5.95. The first-order valence-corrected chi connectivity index (χ1v) is 10.7. The second kappa shape index (κ2) is 10.4. The number of carbonyl (C=O) groups is 2. The van der Waals surface area contributed by atoms with Crippen LogP contribution in [0, 0.1) is 0 Å². The Hall–Kier alpha value is -2.10. The van der Waals surface area contributed by atoms with Crippen molar-refractivity contribution >= 4 is 17.5 Å². The molecule has 4 heteroatoms. The SMILES string of the molecule is CC(=O)N(CC(=O)NCCC1=CCCCC1)c1c(C(C)C)cccc1C(C)C. The number of rotatable bonds is 8. The summed E-state index contributed by atoms with van der Waals surface area (Å²) in [6.45, 7) is 10.7. The molecular formula is C24H36N2O2. The predicted octanol–water partition coefficient (Wildman–Crippen LogP) is 5.29. The zero-order valence-corrected chi connectivity index (χ0v) is 18.2. The number of para-hydroxylation sites is 1. The normalized spacial score (nSPS) is 14.2. The molecule has 2 rings (SSSR count). The Labute approximate surface area is 170 Å². The summed E-state index contributed by atoms with van der Waals surface area (Å²) in [6, 6.07) is 6.18. The molecule has 1 aromatic carbocycles. The van der Waals surface area contributed by atoms with Crippen LogP contribution < -0.4 is 10.2 Å². The molecule has 0 fully saturated rings. The third-order valence-electron chi connectivity index (χ3n) is 5.45. The number of hydrogen-bond donors (Lipinski definition) is 1. The van der Waals surface area contributed by atoms with Crippen molar-refractivity contribution in [2.75, 3.05) is 18.0 Å². The van der Waals surface area contributed by atoms with Crippen molar-refractivity contribution in [2.24, 2.45) is 0 Å². The smallest absolute Gasteiger partial charge is 0.240 e. The van der Waals surface area contributed by atoms with E-state index in [2.05, 4.69) is 51.2 Å². The second-order valence-corrected chi connectivity index (χ2v) is 8.41. The average molecular weight is 385 g/mol. The van der Waals surface area contributed by atoms with Gasteiger partial charge in [-0.15, -0.1) is 0 Å². The van der Waals surface area contributed by atoms with Gasteiger partial charge in [-0.2, -0.15) is 0 Å². The highest BCUT2D eigenvalue weighted by molar-refractivity contribution is 5.99. The monoisotopic (exact) mass is 384 g/mol. The quantitative estimate of drug-likeness (QED) is 0.619. The number of benzene rings is 1. The Morgan fingerprint density at radius 3 is 2.21 bits per heavy atom. The molecule has 1 aliphatic rings. The van der Waals surface area contributed by atoms with E-state index in [0.29, 0.717) is 6.54 Å². The lowest BCUT2D eigenvalue weighted by molar-refractivity contribution is -0.123. The van der Waals surface area contributed by atoms with Gasteiger partial charge in [0.25, 0.3) is 0 Å². The van der Waals surface area contributed by atoms with E-state index in [-0.39, 0.29) is 30.2 Å². The van der Waals surface area contributed by atoms with Crippen molar-refractivity contribution in [3.05, 3.63) is 41.0 Å². The van der Waals surface area contributed by atoms with Gasteiger partial charge in [0, 0.05) is 13.5 Å². The zero-order valence-electron chi connectivity index (χ0n) is 18.2. The van der Waals surface area contributed by atoms with Crippen molar-refractivity contribution in [1.82, 2.24) is 5.32 Å². The third-order valence-corrected chi connectivity index (χ3v) is 5.45. The molecule has 1 aliphatic carbocycles. The predicted molar refractivity (Wildman–Crippen MR) is 117 cm³/mol. The minimum atomic E-state index is -0.0973. The average Bonchev–Trinajstić information content (AvgIpc) is 2.66. The molecule has 0 saturated heterocycles. The summed E-state index contributed by atoms with van der Waals surface area (Å²) in [5.41, 5.74) is 4.58.